The highest BCUT2D eigenvalue weighted by atomic mass is 35.5. The summed E-state index contributed by atoms with van der Waals surface area (Å²) in [5.74, 6) is 0.259. The van der Waals surface area contributed by atoms with Crippen molar-refractivity contribution in [2.75, 3.05) is 0 Å². The van der Waals surface area contributed by atoms with E-state index < -0.39 is 5.97 Å². The minimum Gasteiger partial charge on any atom is -0.485 e. The molecule has 0 saturated heterocycles. The van der Waals surface area contributed by atoms with E-state index in [9.17, 15) is 4.79 Å². The molecule has 0 radical (unpaired) electrons. The molecule has 3 aromatic rings. The Morgan fingerprint density at radius 2 is 1.97 bits per heavy atom. The van der Waals surface area contributed by atoms with Crippen LogP contribution in [0.25, 0.3) is 0 Å². The zero-order valence-corrected chi connectivity index (χ0v) is 17.3. The van der Waals surface area contributed by atoms with E-state index in [-0.39, 0.29) is 23.2 Å². The first-order chi connectivity index (χ1) is 14.5. The number of carbonyl (C=O) groups is 1. The first kappa shape index (κ1) is 21.5. The van der Waals surface area contributed by atoms with Crippen molar-refractivity contribution < 1.29 is 18.8 Å². The summed E-state index contributed by atoms with van der Waals surface area (Å²) in [5.41, 5.74) is 7.21. The number of nitrogens with two attached hydrogens (primary N) is 1. The Labute approximate surface area is 183 Å². The van der Waals surface area contributed by atoms with E-state index in [1.165, 1.54) is 12.1 Å². The summed E-state index contributed by atoms with van der Waals surface area (Å²) in [7, 11) is 0. The highest BCUT2D eigenvalue weighted by Gasteiger charge is 2.15. The highest BCUT2D eigenvalue weighted by molar-refractivity contribution is 6.36. The zero-order valence-electron chi connectivity index (χ0n) is 15.8. The summed E-state index contributed by atoms with van der Waals surface area (Å²) in [4.78, 5) is 17.0. The smallest absolute Gasteiger partial charge is 0.400 e. The van der Waals surface area contributed by atoms with Crippen molar-refractivity contribution in [1.82, 2.24) is 0 Å². The lowest BCUT2D eigenvalue weighted by Gasteiger charge is -2.08. The fourth-order valence-electron chi connectivity index (χ4n) is 2.56. The second-order valence-electron chi connectivity index (χ2n) is 6.13. The quantitative estimate of drug-likeness (QED) is 0.166. The second-order valence-corrected chi connectivity index (χ2v) is 6.98. The lowest BCUT2D eigenvalue weighted by Crippen LogP contribution is -2.15. The molecule has 0 unspecified atom stereocenters. The van der Waals surface area contributed by atoms with Crippen molar-refractivity contribution in [2.24, 2.45) is 10.9 Å². The van der Waals surface area contributed by atoms with Gasteiger partial charge in [0.05, 0.1) is 5.02 Å². The van der Waals surface area contributed by atoms with Gasteiger partial charge in [0.25, 0.3) is 0 Å². The highest BCUT2D eigenvalue weighted by Crippen LogP contribution is 2.22. The predicted octanol–water partition coefficient (Wildman–Crippen LogP) is 5.37. The van der Waals surface area contributed by atoms with Crippen LogP contribution in [0.3, 0.4) is 0 Å². The van der Waals surface area contributed by atoms with Crippen molar-refractivity contribution in [2.45, 2.75) is 13.0 Å². The van der Waals surface area contributed by atoms with Crippen LogP contribution in [0.15, 0.2) is 76.8 Å². The fraction of sp³-hybridized carbons (Fsp3) is 0.0909. The summed E-state index contributed by atoms with van der Waals surface area (Å²) >= 11 is 11.9. The van der Waals surface area contributed by atoms with Crippen LogP contribution in [0.1, 0.15) is 27.4 Å². The molecular formula is C22H18Cl2N2O4. The van der Waals surface area contributed by atoms with Crippen LogP contribution >= 0.6 is 23.2 Å². The van der Waals surface area contributed by atoms with E-state index in [2.05, 4.69) is 11.7 Å². The zero-order chi connectivity index (χ0) is 21.5. The number of furan rings is 1. The Balaban J connectivity index is 1.61. The average Bonchev–Trinajstić information content (AvgIpc) is 3.20. The van der Waals surface area contributed by atoms with Gasteiger partial charge in [-0.15, -0.1) is 6.58 Å². The van der Waals surface area contributed by atoms with Gasteiger partial charge in [-0.05, 0) is 48.4 Å². The van der Waals surface area contributed by atoms with E-state index in [0.29, 0.717) is 22.8 Å². The molecule has 2 N–H and O–H groups in total. The normalized spacial score (nSPS) is 11.2. The van der Waals surface area contributed by atoms with Crippen molar-refractivity contribution in [3.8, 4) is 5.75 Å². The summed E-state index contributed by atoms with van der Waals surface area (Å²) in [6, 6.07) is 15.4. The maximum Gasteiger partial charge on any atom is 0.400 e. The molecule has 0 aliphatic carbocycles. The molecule has 6 nitrogen and oxygen atoms in total. The Morgan fingerprint density at radius 3 is 2.73 bits per heavy atom. The van der Waals surface area contributed by atoms with E-state index in [1.54, 1.807) is 24.3 Å². The van der Waals surface area contributed by atoms with Gasteiger partial charge >= 0.3 is 5.97 Å². The molecular weight excluding hydrogens is 427 g/mol. The molecule has 0 spiro atoms. The van der Waals surface area contributed by atoms with Gasteiger partial charge in [-0.25, -0.2) is 4.79 Å². The maximum atomic E-state index is 12.2. The van der Waals surface area contributed by atoms with Crippen molar-refractivity contribution in [3.63, 3.8) is 0 Å². The molecule has 0 aliphatic heterocycles. The van der Waals surface area contributed by atoms with Crippen LogP contribution in [0.4, 0.5) is 0 Å². The minimum absolute atomic E-state index is 0.0354. The lowest BCUT2D eigenvalue weighted by atomic mass is 10.1. The maximum absolute atomic E-state index is 12.2. The number of hydrogen-bond acceptors (Lipinski definition) is 5. The van der Waals surface area contributed by atoms with Crippen LogP contribution in [-0.4, -0.2) is 11.8 Å². The van der Waals surface area contributed by atoms with E-state index in [4.69, 9.17) is 42.9 Å². The molecule has 0 saturated carbocycles. The van der Waals surface area contributed by atoms with Crippen LogP contribution in [0, 0.1) is 0 Å². The molecule has 0 fully saturated rings. The molecule has 0 atom stereocenters. The molecule has 2 aromatic carbocycles. The molecule has 1 heterocycles. The Bertz CT molecular complexity index is 1090. The van der Waals surface area contributed by atoms with Gasteiger partial charge in [-0.3, -0.25) is 0 Å². The van der Waals surface area contributed by atoms with Crippen LogP contribution in [0.2, 0.25) is 10.0 Å². The average molecular weight is 445 g/mol. The van der Waals surface area contributed by atoms with Gasteiger partial charge in [0, 0.05) is 10.6 Å². The molecule has 0 bridgehead atoms. The van der Waals surface area contributed by atoms with Crippen molar-refractivity contribution >= 4 is 35.0 Å². The Hall–Kier alpha value is -3.22. The molecule has 8 heteroatoms. The third kappa shape index (κ3) is 5.43. The van der Waals surface area contributed by atoms with E-state index in [1.807, 2.05) is 24.3 Å². The summed E-state index contributed by atoms with van der Waals surface area (Å²) in [6.45, 7) is 3.88. The topological polar surface area (TPSA) is 87.0 Å². The molecule has 0 aliphatic rings. The molecule has 0 amide bonds. The number of para-hydroxylation sites is 1. The van der Waals surface area contributed by atoms with Crippen molar-refractivity contribution in [1.29, 1.82) is 0 Å². The van der Waals surface area contributed by atoms with Crippen LogP contribution < -0.4 is 10.5 Å². The third-order valence-corrected chi connectivity index (χ3v) is 4.55. The number of carbonyl (C=O) groups excluding carboxylic acids is 1. The number of ether oxygens (including phenoxy) is 1. The number of oxime groups is 1. The molecule has 1 aromatic heterocycles. The lowest BCUT2D eigenvalue weighted by molar-refractivity contribution is 0.0475. The number of nitrogens with zero attached hydrogens (tertiary/aromatic N) is 1. The Morgan fingerprint density at radius 1 is 1.17 bits per heavy atom. The molecule has 3 rings (SSSR count). The summed E-state index contributed by atoms with van der Waals surface area (Å²) in [6.07, 6.45) is 2.48. The molecule has 30 heavy (non-hydrogen) atoms. The largest absolute Gasteiger partial charge is 0.485 e. The van der Waals surface area contributed by atoms with Gasteiger partial charge in [-0.2, -0.15) is 0 Å². The first-order valence-electron chi connectivity index (χ1n) is 8.88. The van der Waals surface area contributed by atoms with Gasteiger partial charge in [0.2, 0.25) is 5.76 Å². The first-order valence-corrected chi connectivity index (χ1v) is 9.64. The second kappa shape index (κ2) is 10.0. The van der Waals surface area contributed by atoms with Crippen LogP contribution in [0.5, 0.6) is 5.75 Å². The van der Waals surface area contributed by atoms with Gasteiger partial charge in [0.1, 0.15) is 18.1 Å². The number of amidine groups is 1. The van der Waals surface area contributed by atoms with Crippen molar-refractivity contribution in [3.05, 3.63) is 99.9 Å². The third-order valence-electron chi connectivity index (χ3n) is 4.00. The van der Waals surface area contributed by atoms with E-state index in [0.717, 1.165) is 11.3 Å². The predicted molar refractivity (Wildman–Crippen MR) is 116 cm³/mol. The number of allylic oxidation sites excluding steroid dienone is 1. The fourth-order valence-corrected chi connectivity index (χ4v) is 3.07. The standard InChI is InChI=1S/C22H18Cl2N2O4/c1-2-5-14-6-3-4-7-19(14)28-13-16-9-11-20(29-16)22(27)30-26-21(25)17-10-8-15(23)12-18(17)24/h2-4,6-12H,1,5,13H2,(H2,25,26). The molecule has 154 valence electrons. The number of benzene rings is 2. The Kier molecular flexibility index (Phi) is 7.17. The van der Waals surface area contributed by atoms with Gasteiger partial charge < -0.3 is 19.7 Å². The summed E-state index contributed by atoms with van der Waals surface area (Å²) < 4.78 is 11.3. The number of halogens is 2. The van der Waals surface area contributed by atoms with Crippen LogP contribution in [-0.2, 0) is 17.9 Å². The van der Waals surface area contributed by atoms with Gasteiger partial charge in [0.15, 0.2) is 5.84 Å². The van der Waals surface area contributed by atoms with Gasteiger partial charge in [-0.1, -0.05) is 52.6 Å². The van der Waals surface area contributed by atoms with E-state index >= 15 is 0 Å². The monoisotopic (exact) mass is 444 g/mol. The summed E-state index contributed by atoms with van der Waals surface area (Å²) in [5, 5.41) is 4.35. The minimum atomic E-state index is -0.804. The number of hydrogen-bond donors (Lipinski definition) is 1. The number of rotatable bonds is 8. The SMILES string of the molecule is C=CCc1ccccc1OCc1ccc(C(=O)O/N=C(\N)c2ccc(Cl)cc2Cl)o1.